The van der Waals surface area contributed by atoms with E-state index in [1.54, 1.807) is 24.3 Å². The zero-order valence-electron chi connectivity index (χ0n) is 18.4. The van der Waals surface area contributed by atoms with Crippen LogP contribution in [-0.2, 0) is 33.2 Å². The van der Waals surface area contributed by atoms with Crippen molar-refractivity contribution in [3.63, 3.8) is 0 Å². The Morgan fingerprint density at radius 1 is 0.656 bits per heavy atom. The first kappa shape index (κ1) is 25.9. The average molecular weight is 453 g/mol. The van der Waals surface area contributed by atoms with Gasteiger partial charge < -0.3 is 28.4 Å². The molecule has 0 radical (unpaired) electrons. The summed E-state index contributed by atoms with van der Waals surface area (Å²) in [6.07, 6.45) is 0. The summed E-state index contributed by atoms with van der Waals surface area (Å²) in [4.78, 5) is 36.2. The summed E-state index contributed by atoms with van der Waals surface area (Å²) >= 11 is 0. The molecule has 0 saturated carbocycles. The Bertz CT molecular complexity index is 690. The minimum Gasteiger partial charge on any atom is -0.463 e. The lowest BCUT2D eigenvalue weighted by atomic mass is 10.1. The number of esters is 1. The van der Waals surface area contributed by atoms with Gasteiger partial charge in [0.15, 0.2) is 0 Å². The molecule has 0 N–H and O–H groups in total. The van der Waals surface area contributed by atoms with Crippen molar-refractivity contribution in [2.24, 2.45) is 0 Å². The van der Waals surface area contributed by atoms with Crippen molar-refractivity contribution >= 4 is 17.8 Å². The van der Waals surface area contributed by atoms with Crippen LogP contribution in [0.2, 0.25) is 0 Å². The molecule has 1 aromatic rings. The molecule has 0 fully saturated rings. The standard InChI is InChI=1S/C22H31NO9/c1-18(24)32-17-16-31-15-14-30-13-12-29-11-10-28-9-8-27-7-6-23-21(25)19-4-2-3-5-20(19)22(23)26/h2-5H,6-17H2,1H3. The second-order valence-corrected chi connectivity index (χ2v) is 6.71. The summed E-state index contributed by atoms with van der Waals surface area (Å²) in [6.45, 7) is 5.83. The monoisotopic (exact) mass is 453 g/mol. The van der Waals surface area contributed by atoms with Gasteiger partial charge in [0.05, 0.1) is 83.7 Å². The Kier molecular flexibility index (Phi) is 12.5. The van der Waals surface area contributed by atoms with Crippen LogP contribution >= 0.6 is 0 Å². The van der Waals surface area contributed by atoms with E-state index in [2.05, 4.69) is 0 Å². The number of ether oxygens (including phenoxy) is 6. The SMILES string of the molecule is CC(=O)OCCOCCOCCOCCOCCOCCN1C(=O)c2ccccc2C1=O. The Morgan fingerprint density at radius 3 is 1.44 bits per heavy atom. The van der Waals surface area contributed by atoms with E-state index in [1.807, 2.05) is 0 Å². The third kappa shape index (κ3) is 9.41. The molecule has 0 atom stereocenters. The molecule has 0 saturated heterocycles. The van der Waals surface area contributed by atoms with Gasteiger partial charge in [-0.25, -0.2) is 0 Å². The van der Waals surface area contributed by atoms with Crippen LogP contribution < -0.4 is 0 Å². The van der Waals surface area contributed by atoms with Crippen molar-refractivity contribution in [3.8, 4) is 0 Å². The number of hydrogen-bond acceptors (Lipinski definition) is 9. The first-order valence-corrected chi connectivity index (χ1v) is 10.6. The Labute approximate surface area is 187 Å². The minimum absolute atomic E-state index is 0.215. The summed E-state index contributed by atoms with van der Waals surface area (Å²) in [7, 11) is 0. The molecule has 0 aliphatic carbocycles. The normalized spacial score (nSPS) is 13.0. The van der Waals surface area contributed by atoms with E-state index in [1.165, 1.54) is 11.8 Å². The fraction of sp³-hybridized carbons (Fsp3) is 0.591. The molecule has 1 aliphatic rings. The molecule has 0 spiro atoms. The Morgan fingerprint density at radius 2 is 1.03 bits per heavy atom. The summed E-state index contributed by atoms with van der Waals surface area (Å²) < 4.78 is 31.5. The van der Waals surface area contributed by atoms with Crippen molar-refractivity contribution in [1.29, 1.82) is 0 Å². The Balaban J connectivity index is 1.32. The highest BCUT2D eigenvalue weighted by molar-refractivity contribution is 6.21. The van der Waals surface area contributed by atoms with Crippen molar-refractivity contribution in [2.45, 2.75) is 6.92 Å². The molecule has 2 rings (SSSR count). The van der Waals surface area contributed by atoms with Crippen molar-refractivity contribution < 1.29 is 42.8 Å². The summed E-state index contributed by atoms with van der Waals surface area (Å²) in [6, 6.07) is 6.79. The largest absolute Gasteiger partial charge is 0.463 e. The number of carbonyl (C=O) groups is 3. The zero-order valence-corrected chi connectivity index (χ0v) is 18.4. The maximum atomic E-state index is 12.2. The molecule has 1 aromatic carbocycles. The predicted octanol–water partition coefficient (Wildman–Crippen LogP) is 0.929. The molecule has 0 unspecified atom stereocenters. The molecule has 10 nitrogen and oxygen atoms in total. The van der Waals surface area contributed by atoms with Crippen LogP contribution in [0.4, 0.5) is 0 Å². The molecular weight excluding hydrogens is 422 g/mol. The van der Waals surface area contributed by atoms with Gasteiger partial charge in [0.25, 0.3) is 11.8 Å². The van der Waals surface area contributed by atoms with E-state index in [9.17, 15) is 14.4 Å². The van der Waals surface area contributed by atoms with E-state index in [0.29, 0.717) is 70.6 Å². The molecule has 0 bridgehead atoms. The second-order valence-electron chi connectivity index (χ2n) is 6.71. The van der Waals surface area contributed by atoms with Crippen LogP contribution in [0.3, 0.4) is 0 Å². The van der Waals surface area contributed by atoms with E-state index >= 15 is 0 Å². The minimum atomic E-state index is -0.321. The first-order chi connectivity index (χ1) is 15.6. The van der Waals surface area contributed by atoms with E-state index in [4.69, 9.17) is 28.4 Å². The quantitative estimate of drug-likeness (QED) is 0.182. The van der Waals surface area contributed by atoms with Gasteiger partial charge in [-0.3, -0.25) is 19.3 Å². The van der Waals surface area contributed by atoms with Gasteiger partial charge in [-0.15, -0.1) is 0 Å². The van der Waals surface area contributed by atoms with Gasteiger partial charge >= 0.3 is 5.97 Å². The molecule has 1 aliphatic heterocycles. The molecule has 1 heterocycles. The molecular formula is C22H31NO9. The van der Waals surface area contributed by atoms with Crippen LogP contribution in [0.5, 0.6) is 0 Å². The number of amides is 2. The fourth-order valence-electron chi connectivity index (χ4n) is 2.82. The van der Waals surface area contributed by atoms with E-state index in [0.717, 1.165) is 0 Å². The number of benzene rings is 1. The van der Waals surface area contributed by atoms with Gasteiger partial charge in [-0.1, -0.05) is 12.1 Å². The van der Waals surface area contributed by atoms with Crippen LogP contribution in [0.25, 0.3) is 0 Å². The van der Waals surface area contributed by atoms with Crippen molar-refractivity contribution in [3.05, 3.63) is 35.4 Å². The summed E-state index contributed by atoms with van der Waals surface area (Å²) in [5.74, 6) is -0.880. The third-order valence-corrected chi connectivity index (χ3v) is 4.36. The molecule has 32 heavy (non-hydrogen) atoms. The van der Waals surface area contributed by atoms with Crippen molar-refractivity contribution in [2.75, 3.05) is 79.2 Å². The topological polar surface area (TPSA) is 110 Å². The van der Waals surface area contributed by atoms with E-state index < -0.39 is 0 Å². The number of fused-ring (bicyclic) bond motifs is 1. The predicted molar refractivity (Wildman–Crippen MR) is 113 cm³/mol. The third-order valence-electron chi connectivity index (χ3n) is 4.36. The van der Waals surface area contributed by atoms with Gasteiger partial charge in [0.1, 0.15) is 6.61 Å². The lowest BCUT2D eigenvalue weighted by Crippen LogP contribution is -2.33. The zero-order chi connectivity index (χ0) is 23.0. The molecule has 0 aromatic heterocycles. The number of carbonyl (C=O) groups excluding carboxylic acids is 3. The van der Waals surface area contributed by atoms with Gasteiger partial charge in [-0.05, 0) is 12.1 Å². The summed E-state index contributed by atoms with van der Waals surface area (Å²) in [5.41, 5.74) is 0.881. The Hall–Kier alpha value is -2.37. The van der Waals surface area contributed by atoms with E-state index in [-0.39, 0.29) is 37.5 Å². The summed E-state index contributed by atoms with van der Waals surface area (Å²) in [5, 5.41) is 0. The van der Waals surface area contributed by atoms with Crippen LogP contribution in [0.15, 0.2) is 24.3 Å². The smallest absolute Gasteiger partial charge is 0.302 e. The second kappa shape index (κ2) is 15.4. The fourth-order valence-corrected chi connectivity index (χ4v) is 2.82. The number of nitrogens with zero attached hydrogens (tertiary/aromatic N) is 1. The van der Waals surface area contributed by atoms with Gasteiger partial charge in [0.2, 0.25) is 0 Å². The highest BCUT2D eigenvalue weighted by atomic mass is 16.6. The maximum absolute atomic E-state index is 12.2. The lowest BCUT2D eigenvalue weighted by Gasteiger charge is -2.13. The lowest BCUT2D eigenvalue weighted by molar-refractivity contribution is -0.142. The highest BCUT2D eigenvalue weighted by Gasteiger charge is 2.34. The molecule has 2 amide bonds. The number of rotatable bonds is 18. The van der Waals surface area contributed by atoms with Crippen LogP contribution in [0, 0.1) is 0 Å². The number of imide groups is 1. The number of hydrogen-bond donors (Lipinski definition) is 0. The molecule has 178 valence electrons. The average Bonchev–Trinajstić information content (AvgIpc) is 3.03. The van der Waals surface area contributed by atoms with Crippen molar-refractivity contribution in [1.82, 2.24) is 4.90 Å². The van der Waals surface area contributed by atoms with Crippen LogP contribution in [0.1, 0.15) is 27.6 Å². The maximum Gasteiger partial charge on any atom is 0.302 e. The van der Waals surface area contributed by atoms with Gasteiger partial charge in [0, 0.05) is 6.92 Å². The first-order valence-electron chi connectivity index (χ1n) is 10.6. The van der Waals surface area contributed by atoms with Gasteiger partial charge in [-0.2, -0.15) is 0 Å². The molecule has 10 heteroatoms. The highest BCUT2D eigenvalue weighted by Crippen LogP contribution is 2.21. The van der Waals surface area contributed by atoms with Crippen LogP contribution in [-0.4, -0.2) is 102 Å².